The average molecular weight is 347 g/mol. The molecule has 0 saturated carbocycles. The van der Waals surface area contributed by atoms with Crippen LogP contribution in [0.25, 0.3) is 0 Å². The number of nitrogens with zero attached hydrogens (tertiary/aromatic N) is 2. The van der Waals surface area contributed by atoms with Gasteiger partial charge in [-0.2, -0.15) is 0 Å². The van der Waals surface area contributed by atoms with E-state index in [9.17, 15) is 4.79 Å². The highest BCUT2D eigenvalue weighted by Crippen LogP contribution is 2.40. The number of rotatable bonds is 5. The SMILES string of the molecule is CCOC(=O)CN1C(=S)N[C@@H](c2ccccn2)[C@H]1c1cccs1. The van der Waals surface area contributed by atoms with Crippen molar-refractivity contribution in [3.8, 4) is 0 Å². The number of carbonyl (C=O) groups excluding carboxylic acids is 1. The lowest BCUT2D eigenvalue weighted by molar-refractivity contribution is -0.143. The van der Waals surface area contributed by atoms with Crippen molar-refractivity contribution >= 4 is 34.6 Å². The summed E-state index contributed by atoms with van der Waals surface area (Å²) in [6, 6.07) is 9.70. The van der Waals surface area contributed by atoms with E-state index in [-0.39, 0.29) is 24.6 Å². The van der Waals surface area contributed by atoms with E-state index in [4.69, 9.17) is 17.0 Å². The van der Waals surface area contributed by atoms with Crippen LogP contribution in [-0.4, -0.2) is 34.1 Å². The molecule has 2 atom stereocenters. The molecule has 2 aromatic rings. The summed E-state index contributed by atoms with van der Waals surface area (Å²) in [6.07, 6.45) is 1.76. The molecule has 1 aliphatic rings. The highest BCUT2D eigenvalue weighted by molar-refractivity contribution is 7.80. The maximum absolute atomic E-state index is 11.9. The molecule has 0 unspecified atom stereocenters. The summed E-state index contributed by atoms with van der Waals surface area (Å²) in [7, 11) is 0. The number of thiophene rings is 1. The molecule has 0 aliphatic carbocycles. The molecule has 1 fully saturated rings. The predicted molar refractivity (Wildman–Crippen MR) is 93.1 cm³/mol. The lowest BCUT2D eigenvalue weighted by Gasteiger charge is -2.25. The van der Waals surface area contributed by atoms with Crippen LogP contribution in [0.3, 0.4) is 0 Å². The summed E-state index contributed by atoms with van der Waals surface area (Å²) in [5, 5.41) is 5.87. The van der Waals surface area contributed by atoms with Crippen LogP contribution in [0.15, 0.2) is 41.9 Å². The molecular weight excluding hydrogens is 330 g/mol. The zero-order chi connectivity index (χ0) is 16.2. The first kappa shape index (κ1) is 15.9. The number of hydrogen-bond donors (Lipinski definition) is 1. The van der Waals surface area contributed by atoms with Gasteiger partial charge in [0.25, 0.3) is 0 Å². The molecule has 1 N–H and O–H groups in total. The zero-order valence-electron chi connectivity index (χ0n) is 12.6. The molecule has 0 radical (unpaired) electrons. The first-order valence-electron chi connectivity index (χ1n) is 7.37. The van der Waals surface area contributed by atoms with Crippen molar-refractivity contribution in [1.29, 1.82) is 0 Å². The number of hydrogen-bond acceptors (Lipinski definition) is 5. The fraction of sp³-hybridized carbons (Fsp3) is 0.312. The molecule has 1 saturated heterocycles. The van der Waals surface area contributed by atoms with Gasteiger partial charge in [-0.3, -0.25) is 9.78 Å². The predicted octanol–water partition coefficient (Wildman–Crippen LogP) is 2.68. The Morgan fingerprint density at radius 3 is 2.96 bits per heavy atom. The van der Waals surface area contributed by atoms with Crippen LogP contribution in [0.2, 0.25) is 0 Å². The molecule has 3 rings (SSSR count). The van der Waals surface area contributed by atoms with E-state index in [1.165, 1.54) is 0 Å². The number of nitrogens with one attached hydrogen (secondary N) is 1. The van der Waals surface area contributed by atoms with Crippen molar-refractivity contribution in [2.24, 2.45) is 0 Å². The second-order valence-corrected chi connectivity index (χ2v) is 6.44. The van der Waals surface area contributed by atoms with E-state index in [1.54, 1.807) is 24.5 Å². The minimum atomic E-state index is -0.278. The Bertz CT molecular complexity index is 676. The molecule has 23 heavy (non-hydrogen) atoms. The van der Waals surface area contributed by atoms with Crippen molar-refractivity contribution < 1.29 is 9.53 Å². The Labute approximate surface area is 144 Å². The van der Waals surface area contributed by atoms with Crippen LogP contribution in [0.1, 0.15) is 29.6 Å². The number of ether oxygens (including phenoxy) is 1. The first-order chi connectivity index (χ1) is 11.2. The fourth-order valence-electron chi connectivity index (χ4n) is 2.69. The van der Waals surface area contributed by atoms with Gasteiger partial charge in [-0.15, -0.1) is 11.3 Å². The summed E-state index contributed by atoms with van der Waals surface area (Å²) < 4.78 is 5.08. The van der Waals surface area contributed by atoms with Crippen LogP contribution >= 0.6 is 23.6 Å². The first-order valence-corrected chi connectivity index (χ1v) is 8.66. The van der Waals surface area contributed by atoms with E-state index >= 15 is 0 Å². The maximum atomic E-state index is 11.9. The molecule has 2 aromatic heterocycles. The van der Waals surface area contributed by atoms with Gasteiger partial charge in [0.2, 0.25) is 0 Å². The summed E-state index contributed by atoms with van der Waals surface area (Å²) in [5.74, 6) is -0.278. The molecule has 1 aliphatic heterocycles. The van der Waals surface area contributed by atoms with Gasteiger partial charge in [0, 0.05) is 11.1 Å². The molecule has 0 amide bonds. The Morgan fingerprint density at radius 1 is 1.43 bits per heavy atom. The van der Waals surface area contributed by atoms with Crippen molar-refractivity contribution in [3.05, 3.63) is 52.5 Å². The molecule has 3 heterocycles. The molecule has 5 nitrogen and oxygen atoms in total. The van der Waals surface area contributed by atoms with E-state index < -0.39 is 0 Å². The topological polar surface area (TPSA) is 54.5 Å². The minimum absolute atomic E-state index is 0.0678. The van der Waals surface area contributed by atoms with Gasteiger partial charge < -0.3 is 15.0 Å². The van der Waals surface area contributed by atoms with Crippen molar-refractivity contribution in [2.75, 3.05) is 13.2 Å². The Morgan fingerprint density at radius 2 is 2.30 bits per heavy atom. The van der Waals surface area contributed by atoms with Gasteiger partial charge >= 0.3 is 5.97 Å². The highest BCUT2D eigenvalue weighted by atomic mass is 32.1. The van der Waals surface area contributed by atoms with E-state index in [0.29, 0.717) is 11.7 Å². The molecule has 0 bridgehead atoms. The van der Waals surface area contributed by atoms with Gasteiger partial charge in [-0.05, 0) is 42.7 Å². The maximum Gasteiger partial charge on any atom is 0.325 e. The standard InChI is InChI=1S/C16H17N3O2S2/c1-2-21-13(20)10-19-15(12-7-5-9-23-12)14(18-16(19)22)11-6-3-4-8-17-11/h3-9,14-15H,2,10H2,1H3,(H,18,22)/t14-,15+/m0/s1. The van der Waals surface area contributed by atoms with E-state index in [1.807, 2.05) is 34.5 Å². The van der Waals surface area contributed by atoms with Gasteiger partial charge in [-0.25, -0.2) is 0 Å². The summed E-state index contributed by atoms with van der Waals surface area (Å²) in [4.78, 5) is 19.4. The number of esters is 1. The quantitative estimate of drug-likeness (QED) is 0.663. The number of carbonyl (C=O) groups is 1. The molecular formula is C16H17N3O2S2. The third-order valence-corrected chi connectivity index (χ3v) is 4.93. The normalized spacial score (nSPS) is 20.4. The molecule has 0 spiro atoms. The second kappa shape index (κ2) is 7.06. The Kier molecular flexibility index (Phi) is 4.88. The minimum Gasteiger partial charge on any atom is -0.465 e. The highest BCUT2D eigenvalue weighted by Gasteiger charge is 2.41. The monoisotopic (exact) mass is 347 g/mol. The number of pyridine rings is 1. The van der Waals surface area contributed by atoms with Gasteiger partial charge in [0.05, 0.1) is 24.4 Å². The molecule has 120 valence electrons. The lowest BCUT2D eigenvalue weighted by Crippen LogP contribution is -2.35. The smallest absolute Gasteiger partial charge is 0.325 e. The molecule has 0 aromatic carbocycles. The fourth-order valence-corrected chi connectivity index (χ4v) is 3.87. The van der Waals surface area contributed by atoms with E-state index in [2.05, 4.69) is 16.4 Å². The Hall–Kier alpha value is -1.99. The third kappa shape index (κ3) is 3.35. The van der Waals surface area contributed by atoms with Gasteiger partial charge in [0.15, 0.2) is 5.11 Å². The summed E-state index contributed by atoms with van der Waals surface area (Å²) >= 11 is 7.10. The zero-order valence-corrected chi connectivity index (χ0v) is 14.3. The van der Waals surface area contributed by atoms with Crippen LogP contribution in [0, 0.1) is 0 Å². The Balaban J connectivity index is 1.92. The largest absolute Gasteiger partial charge is 0.465 e. The van der Waals surface area contributed by atoms with Crippen LogP contribution < -0.4 is 5.32 Å². The summed E-state index contributed by atoms with van der Waals surface area (Å²) in [5.41, 5.74) is 0.902. The van der Waals surface area contributed by atoms with Crippen LogP contribution in [-0.2, 0) is 9.53 Å². The van der Waals surface area contributed by atoms with Gasteiger partial charge in [-0.1, -0.05) is 12.1 Å². The summed E-state index contributed by atoms with van der Waals surface area (Å²) in [6.45, 7) is 2.29. The van der Waals surface area contributed by atoms with Crippen LogP contribution in [0.4, 0.5) is 0 Å². The van der Waals surface area contributed by atoms with Crippen molar-refractivity contribution in [2.45, 2.75) is 19.0 Å². The van der Waals surface area contributed by atoms with Crippen molar-refractivity contribution in [1.82, 2.24) is 15.2 Å². The second-order valence-electron chi connectivity index (χ2n) is 5.07. The molecule has 7 heteroatoms. The number of thiocarbonyl (C=S) groups is 1. The number of aromatic nitrogens is 1. The third-order valence-electron chi connectivity index (χ3n) is 3.64. The van der Waals surface area contributed by atoms with E-state index in [0.717, 1.165) is 10.6 Å². The van der Waals surface area contributed by atoms with Gasteiger partial charge in [0.1, 0.15) is 6.54 Å². The average Bonchev–Trinajstić information content (AvgIpc) is 3.17. The lowest BCUT2D eigenvalue weighted by atomic mass is 10.0. The van der Waals surface area contributed by atoms with Crippen LogP contribution in [0.5, 0.6) is 0 Å². The van der Waals surface area contributed by atoms with Crippen molar-refractivity contribution in [3.63, 3.8) is 0 Å².